The van der Waals surface area contributed by atoms with E-state index in [1.807, 2.05) is 4.72 Å². The Bertz CT molecular complexity index is 821. The number of halogens is 2. The molecule has 5 nitrogen and oxygen atoms in total. The molecule has 2 rings (SSSR count). The number of aryl methyl sites for hydroxylation is 1. The molecule has 0 unspecified atom stereocenters. The van der Waals surface area contributed by atoms with Crippen molar-refractivity contribution in [3.8, 4) is 0 Å². The van der Waals surface area contributed by atoms with Gasteiger partial charge in [-0.3, -0.25) is 4.79 Å². The molecule has 1 amide bonds. The third-order valence-electron chi connectivity index (χ3n) is 2.93. The van der Waals surface area contributed by atoms with Gasteiger partial charge in [0, 0.05) is 5.69 Å². The van der Waals surface area contributed by atoms with Crippen molar-refractivity contribution in [2.24, 2.45) is 0 Å². The zero-order chi connectivity index (χ0) is 17.0. The first-order chi connectivity index (χ1) is 10.8. The first-order valence-electron chi connectivity index (χ1n) is 6.59. The van der Waals surface area contributed by atoms with Gasteiger partial charge in [0.15, 0.2) is 0 Å². The van der Waals surface area contributed by atoms with Gasteiger partial charge in [-0.25, -0.2) is 21.9 Å². The Kier molecular flexibility index (Phi) is 5.07. The molecule has 23 heavy (non-hydrogen) atoms. The highest BCUT2D eigenvalue weighted by atomic mass is 32.2. The van der Waals surface area contributed by atoms with E-state index in [4.69, 9.17) is 0 Å². The lowest BCUT2D eigenvalue weighted by Gasteiger charge is -2.09. The van der Waals surface area contributed by atoms with Crippen LogP contribution in [0.15, 0.2) is 47.4 Å². The molecule has 2 aromatic rings. The minimum absolute atomic E-state index is 0.317. The Hall–Kier alpha value is -2.32. The van der Waals surface area contributed by atoms with Gasteiger partial charge in [0.1, 0.15) is 16.5 Å². The topological polar surface area (TPSA) is 75.3 Å². The zero-order valence-electron chi connectivity index (χ0n) is 12.1. The molecule has 0 aromatic heterocycles. The predicted molar refractivity (Wildman–Crippen MR) is 81.4 cm³/mol. The normalized spacial score (nSPS) is 11.3. The fourth-order valence-electron chi connectivity index (χ4n) is 1.79. The number of sulfonamides is 1. The summed E-state index contributed by atoms with van der Waals surface area (Å²) in [5.41, 5.74) is 0.889. The molecule has 0 radical (unpaired) electrons. The van der Waals surface area contributed by atoms with Crippen molar-refractivity contribution < 1.29 is 22.0 Å². The van der Waals surface area contributed by atoms with E-state index in [1.54, 1.807) is 6.92 Å². The van der Waals surface area contributed by atoms with Gasteiger partial charge in [0.05, 0.1) is 6.54 Å². The van der Waals surface area contributed by atoms with Crippen molar-refractivity contribution in [3.63, 3.8) is 0 Å². The second-order valence-electron chi connectivity index (χ2n) is 4.81. The lowest BCUT2D eigenvalue weighted by molar-refractivity contribution is -0.115. The first kappa shape index (κ1) is 17.0. The van der Waals surface area contributed by atoms with Crippen molar-refractivity contribution in [2.45, 2.75) is 11.8 Å². The summed E-state index contributed by atoms with van der Waals surface area (Å²) in [7, 11) is -4.15. The van der Waals surface area contributed by atoms with E-state index in [1.165, 1.54) is 24.3 Å². The molecule has 122 valence electrons. The van der Waals surface area contributed by atoms with Crippen LogP contribution < -0.4 is 10.0 Å². The summed E-state index contributed by atoms with van der Waals surface area (Å²) in [6, 6.07) is 8.64. The van der Waals surface area contributed by atoms with Crippen LogP contribution in [-0.2, 0) is 14.8 Å². The highest BCUT2D eigenvalue weighted by Crippen LogP contribution is 2.15. The van der Waals surface area contributed by atoms with Crippen LogP contribution in [0.2, 0.25) is 0 Å². The maximum absolute atomic E-state index is 13.6. The van der Waals surface area contributed by atoms with Crippen LogP contribution in [0.25, 0.3) is 0 Å². The third-order valence-corrected chi connectivity index (χ3v) is 4.34. The summed E-state index contributed by atoms with van der Waals surface area (Å²) in [6.45, 7) is 1.05. The van der Waals surface area contributed by atoms with Crippen molar-refractivity contribution in [1.29, 1.82) is 0 Å². The molecule has 8 heteroatoms. The average molecular weight is 340 g/mol. The summed E-state index contributed by atoms with van der Waals surface area (Å²) >= 11 is 0. The number of rotatable bonds is 5. The monoisotopic (exact) mass is 340 g/mol. The highest BCUT2D eigenvalue weighted by molar-refractivity contribution is 7.89. The molecule has 0 heterocycles. The van der Waals surface area contributed by atoms with E-state index in [9.17, 15) is 22.0 Å². The Morgan fingerprint density at radius 1 is 1.09 bits per heavy atom. The van der Waals surface area contributed by atoms with Crippen LogP contribution in [0.1, 0.15) is 5.56 Å². The van der Waals surface area contributed by atoms with Gasteiger partial charge in [-0.1, -0.05) is 6.07 Å². The fourth-order valence-corrected chi connectivity index (χ4v) is 2.94. The molecule has 2 N–H and O–H groups in total. The second-order valence-corrected chi connectivity index (χ2v) is 6.55. The molecule has 0 spiro atoms. The molecule has 0 saturated carbocycles. The molecule has 0 aliphatic carbocycles. The lowest BCUT2D eigenvalue weighted by Crippen LogP contribution is -2.33. The summed E-state index contributed by atoms with van der Waals surface area (Å²) in [4.78, 5) is 11.2. The third kappa shape index (κ3) is 4.57. The van der Waals surface area contributed by atoms with Crippen molar-refractivity contribution >= 4 is 21.6 Å². The molecule has 0 saturated heterocycles. The quantitative estimate of drug-likeness (QED) is 0.876. The van der Waals surface area contributed by atoms with Crippen LogP contribution in [-0.4, -0.2) is 20.9 Å². The standard InChI is InChI=1S/C15H14F2N2O3S/c1-10-2-7-13(17)14(8-10)23(21,22)18-9-15(20)19-12-5-3-11(16)4-6-12/h2-8,18H,9H2,1H3,(H,19,20). The number of nitrogens with one attached hydrogen (secondary N) is 2. The molecular formula is C15H14F2N2O3S. The van der Waals surface area contributed by atoms with E-state index < -0.39 is 39.0 Å². The number of anilines is 1. The Morgan fingerprint density at radius 3 is 2.39 bits per heavy atom. The van der Waals surface area contributed by atoms with Gasteiger partial charge >= 0.3 is 0 Å². The molecule has 2 aromatic carbocycles. The summed E-state index contributed by atoms with van der Waals surface area (Å²) < 4.78 is 52.4. The predicted octanol–water partition coefficient (Wildman–Crippen LogP) is 2.19. The van der Waals surface area contributed by atoms with Gasteiger partial charge in [-0.05, 0) is 48.9 Å². The molecule has 0 atom stereocenters. The fraction of sp³-hybridized carbons (Fsp3) is 0.133. The molecule has 0 bridgehead atoms. The van der Waals surface area contributed by atoms with Gasteiger partial charge < -0.3 is 5.32 Å². The van der Waals surface area contributed by atoms with Crippen LogP contribution >= 0.6 is 0 Å². The molecule has 0 aliphatic rings. The van der Waals surface area contributed by atoms with Crippen LogP contribution in [0.4, 0.5) is 14.5 Å². The summed E-state index contributed by atoms with van der Waals surface area (Å²) in [5.74, 6) is -2.02. The van der Waals surface area contributed by atoms with E-state index in [0.29, 0.717) is 11.3 Å². The van der Waals surface area contributed by atoms with Gasteiger partial charge in [0.25, 0.3) is 0 Å². The van der Waals surface area contributed by atoms with Crippen LogP contribution in [0.5, 0.6) is 0 Å². The van der Waals surface area contributed by atoms with E-state index in [2.05, 4.69) is 5.32 Å². The van der Waals surface area contributed by atoms with E-state index in [-0.39, 0.29) is 0 Å². The van der Waals surface area contributed by atoms with Crippen molar-refractivity contribution in [2.75, 3.05) is 11.9 Å². The van der Waals surface area contributed by atoms with E-state index >= 15 is 0 Å². The Morgan fingerprint density at radius 2 is 1.74 bits per heavy atom. The number of hydrogen-bond acceptors (Lipinski definition) is 3. The summed E-state index contributed by atoms with van der Waals surface area (Å²) in [5, 5.41) is 2.39. The van der Waals surface area contributed by atoms with Crippen molar-refractivity contribution in [1.82, 2.24) is 4.72 Å². The van der Waals surface area contributed by atoms with Gasteiger partial charge in [-0.15, -0.1) is 0 Å². The van der Waals surface area contributed by atoms with Gasteiger partial charge in [-0.2, -0.15) is 0 Å². The lowest BCUT2D eigenvalue weighted by atomic mass is 10.2. The number of hydrogen-bond donors (Lipinski definition) is 2. The first-order valence-corrected chi connectivity index (χ1v) is 8.07. The maximum Gasteiger partial charge on any atom is 0.243 e. The number of carbonyl (C=O) groups excluding carboxylic acids is 1. The molecular weight excluding hydrogens is 326 g/mol. The summed E-state index contributed by atoms with van der Waals surface area (Å²) in [6.07, 6.45) is 0. The minimum Gasteiger partial charge on any atom is -0.325 e. The van der Waals surface area contributed by atoms with Crippen molar-refractivity contribution in [3.05, 3.63) is 59.7 Å². The Balaban J connectivity index is 2.02. The SMILES string of the molecule is Cc1ccc(F)c(S(=O)(=O)NCC(=O)Nc2ccc(F)cc2)c1. The largest absolute Gasteiger partial charge is 0.325 e. The Labute approximate surface area is 132 Å². The second kappa shape index (κ2) is 6.84. The molecule has 0 aliphatic heterocycles. The van der Waals surface area contributed by atoms with E-state index in [0.717, 1.165) is 18.2 Å². The number of benzene rings is 2. The highest BCUT2D eigenvalue weighted by Gasteiger charge is 2.20. The van der Waals surface area contributed by atoms with Crippen LogP contribution in [0, 0.1) is 18.6 Å². The number of amides is 1. The van der Waals surface area contributed by atoms with Crippen LogP contribution in [0.3, 0.4) is 0 Å². The maximum atomic E-state index is 13.6. The molecule has 0 fully saturated rings. The van der Waals surface area contributed by atoms with Gasteiger partial charge in [0.2, 0.25) is 15.9 Å². The minimum atomic E-state index is -4.15. The smallest absolute Gasteiger partial charge is 0.243 e. The average Bonchev–Trinajstić information content (AvgIpc) is 2.50. The number of carbonyl (C=O) groups is 1. The zero-order valence-corrected chi connectivity index (χ0v) is 13.0.